The summed E-state index contributed by atoms with van der Waals surface area (Å²) >= 11 is 0. The first-order chi connectivity index (χ1) is 8.31. The summed E-state index contributed by atoms with van der Waals surface area (Å²) in [6.45, 7) is 14.1. The van der Waals surface area contributed by atoms with Crippen molar-refractivity contribution in [3.63, 3.8) is 0 Å². The summed E-state index contributed by atoms with van der Waals surface area (Å²) in [6.07, 6.45) is 0. The predicted octanol–water partition coefficient (Wildman–Crippen LogP) is 0.969. The molecule has 17 heavy (non-hydrogen) atoms. The third kappa shape index (κ3) is 5.34. The maximum atomic E-state index is 5.57. The third-order valence-corrected chi connectivity index (χ3v) is 3.36. The van der Waals surface area contributed by atoms with Gasteiger partial charge in [-0.05, 0) is 20.0 Å². The topological polar surface area (TPSA) is 33.7 Å². The predicted molar refractivity (Wildman–Crippen MR) is 70.4 cm³/mol. The lowest BCUT2D eigenvalue weighted by atomic mass is 10.0. The highest BCUT2D eigenvalue weighted by molar-refractivity contribution is 4.83. The second kappa shape index (κ2) is 8.86. The van der Waals surface area contributed by atoms with Crippen molar-refractivity contribution in [1.29, 1.82) is 0 Å². The van der Waals surface area contributed by atoms with Gasteiger partial charge in [0.25, 0.3) is 0 Å². The van der Waals surface area contributed by atoms with Crippen LogP contribution >= 0.6 is 0 Å². The molecule has 1 rings (SSSR count). The van der Waals surface area contributed by atoms with Crippen molar-refractivity contribution < 1.29 is 9.47 Å². The van der Waals surface area contributed by atoms with Crippen molar-refractivity contribution >= 4 is 0 Å². The molecular formula is C13H28N2O2. The molecule has 0 aromatic carbocycles. The quantitative estimate of drug-likeness (QED) is 0.613. The highest BCUT2D eigenvalue weighted by Crippen LogP contribution is 2.15. The number of hydrogen-bond acceptors (Lipinski definition) is 4. The summed E-state index contributed by atoms with van der Waals surface area (Å²) in [5.41, 5.74) is 0. The molecule has 4 nitrogen and oxygen atoms in total. The minimum atomic E-state index is 0.529. The van der Waals surface area contributed by atoms with E-state index in [0.717, 1.165) is 52.6 Å². The van der Waals surface area contributed by atoms with Crippen molar-refractivity contribution in [3.8, 4) is 0 Å². The van der Waals surface area contributed by atoms with E-state index >= 15 is 0 Å². The van der Waals surface area contributed by atoms with Gasteiger partial charge in [-0.1, -0.05) is 13.8 Å². The van der Waals surface area contributed by atoms with Crippen LogP contribution in [-0.2, 0) is 9.47 Å². The van der Waals surface area contributed by atoms with Crippen LogP contribution in [0.5, 0.6) is 0 Å². The molecule has 2 atom stereocenters. The SMILES string of the molecule is CCNC1COCC1CN(CC)CCOCC. The smallest absolute Gasteiger partial charge is 0.0623 e. The lowest BCUT2D eigenvalue weighted by Crippen LogP contribution is -2.42. The molecule has 0 amide bonds. The normalized spacial score (nSPS) is 24.7. The Morgan fingerprint density at radius 1 is 1.29 bits per heavy atom. The van der Waals surface area contributed by atoms with Gasteiger partial charge in [-0.15, -0.1) is 0 Å². The Kier molecular flexibility index (Phi) is 7.77. The van der Waals surface area contributed by atoms with Crippen molar-refractivity contribution in [3.05, 3.63) is 0 Å². The molecule has 0 bridgehead atoms. The highest BCUT2D eigenvalue weighted by Gasteiger charge is 2.28. The van der Waals surface area contributed by atoms with Gasteiger partial charge in [0, 0.05) is 31.7 Å². The van der Waals surface area contributed by atoms with Crippen LogP contribution in [0.2, 0.25) is 0 Å². The molecule has 0 radical (unpaired) electrons. The molecule has 0 saturated carbocycles. The van der Waals surface area contributed by atoms with E-state index in [1.165, 1.54) is 0 Å². The van der Waals surface area contributed by atoms with Crippen LogP contribution in [0.25, 0.3) is 0 Å². The first kappa shape index (κ1) is 14.9. The van der Waals surface area contributed by atoms with Gasteiger partial charge >= 0.3 is 0 Å². The molecule has 0 aromatic heterocycles. The second-order valence-electron chi connectivity index (χ2n) is 4.55. The standard InChI is InChI=1S/C13H28N2O2/c1-4-14-13-11-17-10-12(13)9-15(5-2)7-8-16-6-3/h12-14H,4-11H2,1-3H3. The molecule has 1 saturated heterocycles. The summed E-state index contributed by atoms with van der Waals surface area (Å²) < 4.78 is 11.0. The number of ether oxygens (including phenoxy) is 2. The lowest BCUT2D eigenvalue weighted by Gasteiger charge is -2.26. The Labute approximate surface area is 106 Å². The van der Waals surface area contributed by atoms with E-state index in [0.29, 0.717) is 12.0 Å². The van der Waals surface area contributed by atoms with Crippen LogP contribution < -0.4 is 5.32 Å². The third-order valence-electron chi connectivity index (χ3n) is 3.36. The van der Waals surface area contributed by atoms with Crippen LogP contribution in [0.15, 0.2) is 0 Å². The molecule has 1 N–H and O–H groups in total. The fourth-order valence-electron chi connectivity index (χ4n) is 2.31. The minimum Gasteiger partial charge on any atom is -0.380 e. The van der Waals surface area contributed by atoms with Gasteiger partial charge in [0.15, 0.2) is 0 Å². The minimum absolute atomic E-state index is 0.529. The summed E-state index contributed by atoms with van der Waals surface area (Å²) in [7, 11) is 0. The fourth-order valence-corrected chi connectivity index (χ4v) is 2.31. The number of nitrogens with one attached hydrogen (secondary N) is 1. The maximum Gasteiger partial charge on any atom is 0.0623 e. The average molecular weight is 244 g/mol. The number of likely N-dealkylation sites (N-methyl/N-ethyl adjacent to an activating group) is 2. The van der Waals surface area contributed by atoms with E-state index < -0.39 is 0 Å². The molecule has 1 aliphatic rings. The zero-order chi connectivity index (χ0) is 12.5. The molecule has 102 valence electrons. The van der Waals surface area contributed by atoms with Crippen LogP contribution in [0.3, 0.4) is 0 Å². The second-order valence-corrected chi connectivity index (χ2v) is 4.55. The van der Waals surface area contributed by atoms with E-state index in [-0.39, 0.29) is 0 Å². The van der Waals surface area contributed by atoms with Crippen molar-refractivity contribution in [2.24, 2.45) is 5.92 Å². The monoisotopic (exact) mass is 244 g/mol. The molecule has 0 aromatic rings. The van der Waals surface area contributed by atoms with Gasteiger partial charge < -0.3 is 19.7 Å². The zero-order valence-corrected chi connectivity index (χ0v) is 11.6. The molecule has 1 aliphatic heterocycles. The van der Waals surface area contributed by atoms with Gasteiger partial charge in [-0.2, -0.15) is 0 Å². The van der Waals surface area contributed by atoms with Crippen LogP contribution in [-0.4, -0.2) is 63.5 Å². The van der Waals surface area contributed by atoms with E-state index in [1.807, 2.05) is 6.92 Å². The molecular weight excluding hydrogens is 216 g/mol. The van der Waals surface area contributed by atoms with E-state index in [1.54, 1.807) is 0 Å². The van der Waals surface area contributed by atoms with E-state index in [4.69, 9.17) is 9.47 Å². The van der Waals surface area contributed by atoms with Gasteiger partial charge in [0.2, 0.25) is 0 Å². The number of rotatable bonds is 9. The summed E-state index contributed by atoms with van der Waals surface area (Å²) in [6, 6.07) is 0.529. The summed E-state index contributed by atoms with van der Waals surface area (Å²) in [4.78, 5) is 2.46. The van der Waals surface area contributed by atoms with Gasteiger partial charge in [-0.25, -0.2) is 0 Å². The van der Waals surface area contributed by atoms with E-state index in [2.05, 4.69) is 24.1 Å². The Bertz CT molecular complexity index is 190. The van der Waals surface area contributed by atoms with Gasteiger partial charge in [0.1, 0.15) is 0 Å². The first-order valence-electron chi connectivity index (χ1n) is 6.93. The lowest BCUT2D eigenvalue weighted by molar-refractivity contribution is 0.104. The average Bonchev–Trinajstić information content (AvgIpc) is 2.76. The zero-order valence-electron chi connectivity index (χ0n) is 11.6. The van der Waals surface area contributed by atoms with Crippen molar-refractivity contribution in [2.75, 3.05) is 52.6 Å². The maximum absolute atomic E-state index is 5.57. The molecule has 2 unspecified atom stereocenters. The Hall–Kier alpha value is -0.160. The van der Waals surface area contributed by atoms with Gasteiger partial charge in [-0.3, -0.25) is 0 Å². The van der Waals surface area contributed by atoms with Gasteiger partial charge in [0.05, 0.1) is 19.8 Å². The van der Waals surface area contributed by atoms with E-state index in [9.17, 15) is 0 Å². The summed E-state index contributed by atoms with van der Waals surface area (Å²) in [5, 5.41) is 3.51. The molecule has 0 spiro atoms. The molecule has 4 heteroatoms. The fraction of sp³-hybridized carbons (Fsp3) is 1.00. The molecule has 0 aliphatic carbocycles. The number of hydrogen-bond donors (Lipinski definition) is 1. The van der Waals surface area contributed by atoms with Crippen LogP contribution in [0.4, 0.5) is 0 Å². The first-order valence-corrected chi connectivity index (χ1v) is 6.93. The number of nitrogens with zero attached hydrogens (tertiary/aromatic N) is 1. The largest absolute Gasteiger partial charge is 0.380 e. The van der Waals surface area contributed by atoms with Crippen molar-refractivity contribution in [2.45, 2.75) is 26.8 Å². The molecule has 1 heterocycles. The Balaban J connectivity index is 2.28. The Morgan fingerprint density at radius 3 is 2.76 bits per heavy atom. The highest BCUT2D eigenvalue weighted by atomic mass is 16.5. The van der Waals surface area contributed by atoms with Crippen LogP contribution in [0.1, 0.15) is 20.8 Å². The van der Waals surface area contributed by atoms with Crippen molar-refractivity contribution in [1.82, 2.24) is 10.2 Å². The summed E-state index contributed by atoms with van der Waals surface area (Å²) in [5.74, 6) is 0.622. The van der Waals surface area contributed by atoms with Crippen LogP contribution in [0, 0.1) is 5.92 Å². The Morgan fingerprint density at radius 2 is 2.12 bits per heavy atom. The molecule has 1 fully saturated rings.